The summed E-state index contributed by atoms with van der Waals surface area (Å²) in [6, 6.07) is 0. The minimum absolute atomic E-state index is 0.463. The van der Waals surface area contributed by atoms with E-state index in [4.69, 9.17) is 9.84 Å². The van der Waals surface area contributed by atoms with Gasteiger partial charge >= 0.3 is 5.97 Å². The fraction of sp³-hybridized carbons (Fsp3) is 0.625. The van der Waals surface area contributed by atoms with Crippen molar-refractivity contribution in [3.8, 4) is 0 Å². The van der Waals surface area contributed by atoms with Gasteiger partial charge in [-0.3, -0.25) is 0 Å². The van der Waals surface area contributed by atoms with E-state index in [0.717, 1.165) is 17.5 Å². The van der Waals surface area contributed by atoms with Crippen LogP contribution in [0.4, 0.5) is 0 Å². The molecule has 1 N–H and O–H groups in total. The maximum atomic E-state index is 10.7. The molecule has 0 radical (unpaired) electrons. The molecule has 0 aromatic heterocycles. The maximum Gasteiger partial charge on any atom is 0.348 e. The van der Waals surface area contributed by atoms with Crippen LogP contribution in [-0.2, 0) is 9.53 Å². The molecule has 68 valence electrons. The van der Waals surface area contributed by atoms with Gasteiger partial charge in [-0.1, -0.05) is 15.9 Å². The normalized spacial score (nSPS) is 28.0. The van der Waals surface area contributed by atoms with Gasteiger partial charge in [-0.15, -0.1) is 0 Å². The lowest BCUT2D eigenvalue weighted by Gasteiger charge is -2.19. The van der Waals surface area contributed by atoms with Gasteiger partial charge in [0.2, 0.25) is 5.60 Å². The average molecular weight is 235 g/mol. The Morgan fingerprint density at radius 1 is 1.92 bits per heavy atom. The Hall–Kier alpha value is -0.510. The van der Waals surface area contributed by atoms with E-state index in [-0.39, 0.29) is 0 Å². The van der Waals surface area contributed by atoms with Gasteiger partial charge in [0.05, 0.1) is 5.76 Å². The number of halogens is 1. The third-order valence-corrected chi connectivity index (χ3v) is 2.27. The number of hydrogen-bond donors (Lipinski definition) is 1. The van der Waals surface area contributed by atoms with Crippen molar-refractivity contribution in [3.63, 3.8) is 0 Å². The largest absolute Gasteiger partial charge is 0.480 e. The lowest BCUT2D eigenvalue weighted by Crippen LogP contribution is -2.34. The zero-order valence-corrected chi connectivity index (χ0v) is 8.43. The van der Waals surface area contributed by atoms with Crippen LogP contribution >= 0.6 is 15.9 Å². The summed E-state index contributed by atoms with van der Waals surface area (Å²) >= 11 is 3.27. The molecule has 0 fully saturated rings. The van der Waals surface area contributed by atoms with Crippen molar-refractivity contribution in [1.82, 2.24) is 0 Å². The van der Waals surface area contributed by atoms with Crippen molar-refractivity contribution in [2.24, 2.45) is 0 Å². The molecule has 1 unspecified atom stereocenters. The van der Waals surface area contributed by atoms with Crippen LogP contribution < -0.4 is 0 Å². The molecule has 0 amide bonds. The predicted octanol–water partition coefficient (Wildman–Crippen LogP) is 1.92. The summed E-state index contributed by atoms with van der Waals surface area (Å²) in [7, 11) is 0. The molecule has 0 saturated heterocycles. The Bertz CT molecular complexity index is 224. The van der Waals surface area contributed by atoms with Crippen LogP contribution in [0.1, 0.15) is 19.8 Å². The summed E-state index contributed by atoms with van der Waals surface area (Å²) in [6.07, 6.45) is 3.06. The maximum absolute atomic E-state index is 10.7. The van der Waals surface area contributed by atoms with Gasteiger partial charge in [0.15, 0.2) is 0 Å². The van der Waals surface area contributed by atoms with E-state index in [2.05, 4.69) is 15.9 Å². The third-order valence-electron chi connectivity index (χ3n) is 1.87. The highest BCUT2D eigenvalue weighted by molar-refractivity contribution is 9.09. The molecule has 1 heterocycles. The molecule has 12 heavy (non-hydrogen) atoms. The van der Waals surface area contributed by atoms with E-state index in [9.17, 15) is 4.79 Å². The molecular weight excluding hydrogens is 224 g/mol. The van der Waals surface area contributed by atoms with Gasteiger partial charge in [-0.05, 0) is 13.0 Å². The Morgan fingerprint density at radius 3 is 3.00 bits per heavy atom. The average Bonchev–Trinajstić information content (AvgIpc) is 2.34. The summed E-state index contributed by atoms with van der Waals surface area (Å²) in [6.45, 7) is 1.59. The van der Waals surface area contributed by atoms with Gasteiger partial charge < -0.3 is 9.84 Å². The second-order valence-electron chi connectivity index (χ2n) is 2.95. The quantitative estimate of drug-likeness (QED) is 0.760. The molecule has 1 rings (SSSR count). The number of carboxylic acid groups (broad SMARTS) is 1. The highest BCUT2D eigenvalue weighted by atomic mass is 79.9. The molecule has 4 heteroatoms. The third kappa shape index (κ3) is 1.80. The van der Waals surface area contributed by atoms with Crippen LogP contribution in [0.15, 0.2) is 11.8 Å². The molecule has 3 nitrogen and oxygen atoms in total. The topological polar surface area (TPSA) is 46.5 Å². The summed E-state index contributed by atoms with van der Waals surface area (Å²) < 4.78 is 5.28. The minimum atomic E-state index is -1.03. The first-order valence-electron chi connectivity index (χ1n) is 3.76. The highest BCUT2D eigenvalue weighted by Gasteiger charge is 2.38. The second kappa shape index (κ2) is 3.47. The van der Waals surface area contributed by atoms with Crippen molar-refractivity contribution < 1.29 is 14.6 Å². The van der Waals surface area contributed by atoms with E-state index >= 15 is 0 Å². The van der Waals surface area contributed by atoms with E-state index in [0.29, 0.717) is 6.42 Å². The van der Waals surface area contributed by atoms with Crippen molar-refractivity contribution >= 4 is 21.9 Å². The Kier molecular flexibility index (Phi) is 2.77. The molecule has 1 aliphatic rings. The molecule has 0 aliphatic carbocycles. The van der Waals surface area contributed by atoms with Gasteiger partial charge in [-0.2, -0.15) is 0 Å². The van der Waals surface area contributed by atoms with Crippen molar-refractivity contribution in [3.05, 3.63) is 11.8 Å². The predicted molar refractivity (Wildman–Crippen MR) is 48.2 cm³/mol. The summed E-state index contributed by atoms with van der Waals surface area (Å²) in [5, 5.41) is 9.59. The monoisotopic (exact) mass is 234 g/mol. The Balaban J connectivity index is 2.55. The van der Waals surface area contributed by atoms with E-state index < -0.39 is 11.6 Å². The van der Waals surface area contributed by atoms with Crippen LogP contribution in [0.25, 0.3) is 0 Å². The Labute approximate surface area is 79.5 Å². The zero-order valence-electron chi connectivity index (χ0n) is 6.84. The molecule has 1 atom stereocenters. The summed E-state index contributed by atoms with van der Waals surface area (Å²) in [5.74, 6) is -0.125. The van der Waals surface area contributed by atoms with Crippen LogP contribution in [0.5, 0.6) is 0 Å². The molecule has 1 aliphatic heterocycles. The smallest absolute Gasteiger partial charge is 0.348 e. The number of carbonyl (C=O) groups is 1. The number of aliphatic carboxylic acids is 1. The van der Waals surface area contributed by atoms with Crippen LogP contribution in [0.3, 0.4) is 0 Å². The minimum Gasteiger partial charge on any atom is -0.480 e. The van der Waals surface area contributed by atoms with Crippen molar-refractivity contribution in [1.29, 1.82) is 0 Å². The van der Waals surface area contributed by atoms with Gasteiger partial charge in [0, 0.05) is 18.2 Å². The SMILES string of the molecule is CC1(C(=O)O)CC=C(CCBr)O1. The molecular formula is C8H11BrO3. The number of rotatable bonds is 3. The molecule has 0 spiro atoms. The number of ether oxygens (including phenoxy) is 1. The first-order chi connectivity index (χ1) is 5.58. The van der Waals surface area contributed by atoms with Gasteiger partial charge in [-0.25, -0.2) is 4.79 Å². The van der Waals surface area contributed by atoms with E-state index in [1.807, 2.05) is 6.08 Å². The number of allylic oxidation sites excluding steroid dienone is 1. The number of alkyl halides is 1. The number of carboxylic acids is 1. The van der Waals surface area contributed by atoms with Gasteiger partial charge in [0.1, 0.15) is 0 Å². The number of hydrogen-bond acceptors (Lipinski definition) is 2. The zero-order chi connectivity index (χ0) is 9.19. The standard InChI is InChI=1S/C8H11BrO3/c1-8(7(10)11)4-2-6(12-8)3-5-9/h2H,3-5H2,1H3,(H,10,11). The fourth-order valence-electron chi connectivity index (χ4n) is 1.06. The first kappa shape index (κ1) is 9.58. The molecule has 0 saturated carbocycles. The molecule has 0 aromatic carbocycles. The fourth-order valence-corrected chi connectivity index (χ4v) is 1.45. The lowest BCUT2D eigenvalue weighted by atomic mass is 10.1. The Morgan fingerprint density at radius 2 is 2.58 bits per heavy atom. The second-order valence-corrected chi connectivity index (χ2v) is 3.74. The van der Waals surface area contributed by atoms with Crippen LogP contribution in [-0.4, -0.2) is 22.0 Å². The van der Waals surface area contributed by atoms with Crippen LogP contribution in [0, 0.1) is 0 Å². The first-order valence-corrected chi connectivity index (χ1v) is 4.88. The highest BCUT2D eigenvalue weighted by Crippen LogP contribution is 2.29. The molecule has 0 bridgehead atoms. The summed E-state index contributed by atoms with van der Waals surface area (Å²) in [4.78, 5) is 10.7. The summed E-state index contributed by atoms with van der Waals surface area (Å²) in [5.41, 5.74) is -1.03. The van der Waals surface area contributed by atoms with E-state index in [1.54, 1.807) is 6.92 Å². The molecule has 0 aromatic rings. The van der Waals surface area contributed by atoms with Crippen molar-refractivity contribution in [2.75, 3.05) is 5.33 Å². The van der Waals surface area contributed by atoms with Gasteiger partial charge in [0.25, 0.3) is 0 Å². The lowest BCUT2D eigenvalue weighted by molar-refractivity contribution is -0.156. The van der Waals surface area contributed by atoms with E-state index in [1.165, 1.54) is 0 Å². The van der Waals surface area contributed by atoms with Crippen molar-refractivity contribution in [2.45, 2.75) is 25.4 Å². The van der Waals surface area contributed by atoms with Crippen LogP contribution in [0.2, 0.25) is 0 Å².